The number of hydrogen-bond acceptors (Lipinski definition) is 4. The monoisotopic (exact) mass is 143 g/mol. The summed E-state index contributed by atoms with van der Waals surface area (Å²) in [6.07, 6.45) is 0. The second-order valence-corrected chi connectivity index (χ2v) is 1.57. The van der Waals surface area contributed by atoms with Crippen LogP contribution >= 0.6 is 0 Å². The van der Waals surface area contributed by atoms with Gasteiger partial charge in [0.2, 0.25) is 0 Å². The number of Topliss-reactive ketones (excluding diaryl/α,β-unsaturated/α-hetero) is 2. The summed E-state index contributed by atoms with van der Waals surface area (Å²) >= 11 is 0. The maximum absolute atomic E-state index is 10.2. The topological polar surface area (TPSA) is 95.3 Å². The minimum Gasteiger partial charge on any atom is -0.475 e. The van der Waals surface area contributed by atoms with E-state index in [0.29, 0.717) is 0 Å². The van der Waals surface area contributed by atoms with Crippen molar-refractivity contribution >= 4 is 23.2 Å². The summed E-state index contributed by atoms with van der Waals surface area (Å²) in [4.78, 5) is 30.2. The molecule has 0 rings (SSSR count). The zero-order valence-electron chi connectivity index (χ0n) is 5.17. The molecule has 0 aromatic rings. The molecule has 0 aliphatic carbocycles. The largest absolute Gasteiger partial charge is 0.475 e. The lowest BCUT2D eigenvalue weighted by Gasteiger charge is -1.89. The van der Waals surface area contributed by atoms with Crippen molar-refractivity contribution in [2.75, 3.05) is 0 Å². The molecule has 54 valence electrons. The molecule has 0 saturated carbocycles. The summed E-state index contributed by atoms with van der Waals surface area (Å²) in [5.41, 5.74) is -0.993. The van der Waals surface area contributed by atoms with E-state index >= 15 is 0 Å². The van der Waals surface area contributed by atoms with Crippen LogP contribution in [0.1, 0.15) is 6.92 Å². The van der Waals surface area contributed by atoms with Crippen LogP contribution in [0.5, 0.6) is 0 Å². The van der Waals surface area contributed by atoms with Gasteiger partial charge in [-0.25, -0.2) is 4.79 Å². The van der Waals surface area contributed by atoms with Crippen LogP contribution in [0.3, 0.4) is 0 Å². The SMILES string of the molecule is CC(=O)C(=N)C(=O)C(=O)O. The predicted molar refractivity (Wildman–Crippen MR) is 31.1 cm³/mol. The quantitative estimate of drug-likeness (QED) is 0.308. The number of carboxylic acids is 1. The van der Waals surface area contributed by atoms with Gasteiger partial charge in [-0.1, -0.05) is 0 Å². The smallest absolute Gasteiger partial charge is 0.379 e. The standard InChI is InChI=1S/C5H5NO4/c1-2(7)3(6)4(8)5(9)10/h6H,1H3,(H,9,10). The number of rotatable bonds is 3. The third-order valence-corrected chi connectivity index (χ3v) is 0.773. The molecule has 0 saturated heterocycles. The zero-order chi connectivity index (χ0) is 8.31. The Morgan fingerprint density at radius 3 is 1.80 bits per heavy atom. The van der Waals surface area contributed by atoms with E-state index in [-0.39, 0.29) is 0 Å². The van der Waals surface area contributed by atoms with Crippen molar-refractivity contribution in [1.29, 1.82) is 5.41 Å². The Balaban J connectivity index is 4.39. The highest BCUT2D eigenvalue weighted by molar-refractivity contribution is 6.77. The van der Waals surface area contributed by atoms with Crippen LogP contribution in [0.25, 0.3) is 0 Å². The lowest BCUT2D eigenvalue weighted by Crippen LogP contribution is -2.27. The first-order valence-corrected chi connectivity index (χ1v) is 2.34. The summed E-state index contributed by atoms with van der Waals surface area (Å²) in [5, 5.41) is 14.6. The lowest BCUT2D eigenvalue weighted by molar-refractivity contribution is -0.146. The average molecular weight is 143 g/mol. The van der Waals surface area contributed by atoms with Crippen molar-refractivity contribution in [1.82, 2.24) is 0 Å². The fourth-order valence-electron chi connectivity index (χ4n) is 0.267. The van der Waals surface area contributed by atoms with Gasteiger partial charge in [0.25, 0.3) is 5.78 Å². The molecule has 0 aliphatic rings. The Bertz CT molecular complexity index is 194. The molecule has 0 aromatic carbocycles. The van der Waals surface area contributed by atoms with Gasteiger partial charge in [0.05, 0.1) is 0 Å². The molecule has 0 aromatic heterocycles. The van der Waals surface area contributed by atoms with Crippen LogP contribution in [0.4, 0.5) is 0 Å². The lowest BCUT2D eigenvalue weighted by atomic mass is 10.2. The molecule has 0 amide bonds. The number of aliphatic carboxylic acids is 1. The first-order valence-electron chi connectivity index (χ1n) is 2.34. The maximum atomic E-state index is 10.2. The molecule has 5 heteroatoms. The summed E-state index contributed by atoms with van der Waals surface area (Å²) in [6.45, 7) is 0.961. The molecule has 2 N–H and O–H groups in total. The van der Waals surface area contributed by atoms with Crippen LogP contribution in [0.15, 0.2) is 0 Å². The summed E-state index contributed by atoms with van der Waals surface area (Å²) in [5.74, 6) is -4.08. The molecule has 0 aliphatic heterocycles. The molecule has 0 spiro atoms. The van der Waals surface area contributed by atoms with E-state index in [4.69, 9.17) is 10.5 Å². The Hall–Kier alpha value is -1.52. The molecule has 5 nitrogen and oxygen atoms in total. The number of carbonyl (C=O) groups is 3. The van der Waals surface area contributed by atoms with Gasteiger partial charge in [-0.15, -0.1) is 0 Å². The van der Waals surface area contributed by atoms with E-state index in [1.165, 1.54) is 0 Å². The van der Waals surface area contributed by atoms with Crippen LogP contribution in [0.2, 0.25) is 0 Å². The summed E-state index contributed by atoms with van der Waals surface area (Å²) in [7, 11) is 0. The Kier molecular flexibility index (Phi) is 2.43. The van der Waals surface area contributed by atoms with Gasteiger partial charge < -0.3 is 5.11 Å². The number of carbonyl (C=O) groups excluding carboxylic acids is 2. The number of ketones is 2. The van der Waals surface area contributed by atoms with Gasteiger partial charge in [0.15, 0.2) is 11.5 Å². The van der Waals surface area contributed by atoms with E-state index in [9.17, 15) is 14.4 Å². The van der Waals surface area contributed by atoms with Crippen molar-refractivity contribution in [2.24, 2.45) is 0 Å². The number of carboxylic acid groups (broad SMARTS) is 1. The number of hydrogen-bond donors (Lipinski definition) is 2. The van der Waals surface area contributed by atoms with Gasteiger partial charge in [0.1, 0.15) is 0 Å². The summed E-state index contributed by atoms with van der Waals surface area (Å²) < 4.78 is 0. The Labute approximate surface area is 56.2 Å². The predicted octanol–water partition coefficient (Wildman–Crippen LogP) is -0.751. The molecule has 0 radical (unpaired) electrons. The molecule has 0 heterocycles. The van der Waals surface area contributed by atoms with E-state index in [0.717, 1.165) is 6.92 Å². The second kappa shape index (κ2) is 2.86. The maximum Gasteiger partial charge on any atom is 0.379 e. The molecular weight excluding hydrogens is 138 g/mol. The summed E-state index contributed by atoms with van der Waals surface area (Å²) in [6, 6.07) is 0. The van der Waals surface area contributed by atoms with Gasteiger partial charge in [-0.05, 0) is 0 Å². The van der Waals surface area contributed by atoms with Crippen molar-refractivity contribution in [2.45, 2.75) is 6.92 Å². The zero-order valence-corrected chi connectivity index (χ0v) is 5.17. The fourth-order valence-corrected chi connectivity index (χ4v) is 0.267. The van der Waals surface area contributed by atoms with Crippen LogP contribution in [-0.4, -0.2) is 28.4 Å². The minimum absolute atomic E-state index is 0.840. The van der Waals surface area contributed by atoms with Gasteiger partial charge in [-0.2, -0.15) is 0 Å². The van der Waals surface area contributed by atoms with E-state index in [1.807, 2.05) is 0 Å². The van der Waals surface area contributed by atoms with Crippen LogP contribution in [-0.2, 0) is 14.4 Å². The molecule has 0 atom stereocenters. The van der Waals surface area contributed by atoms with E-state index in [1.54, 1.807) is 0 Å². The van der Waals surface area contributed by atoms with Gasteiger partial charge >= 0.3 is 5.97 Å². The minimum atomic E-state index is -1.78. The molecule has 10 heavy (non-hydrogen) atoms. The molecular formula is C5H5NO4. The van der Waals surface area contributed by atoms with Gasteiger partial charge in [0, 0.05) is 6.92 Å². The average Bonchev–Trinajstić information content (AvgIpc) is 1.84. The highest BCUT2D eigenvalue weighted by atomic mass is 16.4. The Morgan fingerprint density at radius 2 is 1.70 bits per heavy atom. The first kappa shape index (κ1) is 8.48. The normalized spacial score (nSPS) is 8.50. The van der Waals surface area contributed by atoms with Gasteiger partial charge in [-0.3, -0.25) is 15.0 Å². The highest BCUT2D eigenvalue weighted by Crippen LogP contribution is 1.80. The fraction of sp³-hybridized carbons (Fsp3) is 0.200. The van der Waals surface area contributed by atoms with Crippen molar-refractivity contribution in [3.8, 4) is 0 Å². The highest BCUT2D eigenvalue weighted by Gasteiger charge is 2.20. The third kappa shape index (κ3) is 1.77. The first-order chi connectivity index (χ1) is 4.46. The van der Waals surface area contributed by atoms with E-state index < -0.39 is 23.2 Å². The number of nitrogens with one attached hydrogen (secondary N) is 1. The van der Waals surface area contributed by atoms with Crippen molar-refractivity contribution in [3.63, 3.8) is 0 Å². The van der Waals surface area contributed by atoms with Crippen molar-refractivity contribution < 1.29 is 19.5 Å². The van der Waals surface area contributed by atoms with Crippen LogP contribution < -0.4 is 0 Å². The molecule has 0 fully saturated rings. The van der Waals surface area contributed by atoms with E-state index in [2.05, 4.69) is 0 Å². The van der Waals surface area contributed by atoms with Crippen molar-refractivity contribution in [3.05, 3.63) is 0 Å². The van der Waals surface area contributed by atoms with Crippen LogP contribution in [0, 0.1) is 5.41 Å². The Morgan fingerprint density at radius 1 is 1.30 bits per heavy atom. The molecule has 0 unspecified atom stereocenters. The molecule has 0 bridgehead atoms. The second-order valence-electron chi connectivity index (χ2n) is 1.57. The third-order valence-electron chi connectivity index (χ3n) is 0.773.